The number of likely N-dealkylation sites (tertiary alicyclic amines) is 1. The van der Waals surface area contributed by atoms with Crippen LogP contribution in [0.4, 0.5) is 0 Å². The third-order valence-corrected chi connectivity index (χ3v) is 8.63. The van der Waals surface area contributed by atoms with Gasteiger partial charge in [0, 0.05) is 23.6 Å². The fourth-order valence-electron chi connectivity index (χ4n) is 4.95. The number of thiophene rings is 1. The number of rotatable bonds is 8. The van der Waals surface area contributed by atoms with Gasteiger partial charge in [-0.2, -0.15) is 11.8 Å². The van der Waals surface area contributed by atoms with Crippen molar-refractivity contribution >= 4 is 39.2 Å². The zero-order valence-electron chi connectivity index (χ0n) is 18.9. The molecule has 1 aliphatic carbocycles. The molecule has 1 N–H and O–H groups in total. The molecule has 1 amide bonds. The van der Waals surface area contributed by atoms with E-state index >= 15 is 0 Å². The number of amides is 1. The van der Waals surface area contributed by atoms with Gasteiger partial charge in [0.15, 0.2) is 0 Å². The van der Waals surface area contributed by atoms with E-state index in [2.05, 4.69) is 17.1 Å². The number of thioether (sulfide) groups is 1. The van der Waals surface area contributed by atoms with Crippen LogP contribution in [0.15, 0.2) is 29.1 Å². The zero-order chi connectivity index (χ0) is 22.8. The molecule has 33 heavy (non-hydrogen) atoms. The minimum absolute atomic E-state index is 0.0126. The van der Waals surface area contributed by atoms with Gasteiger partial charge >= 0.3 is 0 Å². The van der Waals surface area contributed by atoms with Crippen molar-refractivity contribution in [2.75, 3.05) is 18.9 Å². The number of carbonyl (C=O) groups excluding carboxylic acids is 1. The number of benzene rings is 1. The average molecular weight is 484 g/mol. The maximum atomic E-state index is 12.9. The summed E-state index contributed by atoms with van der Waals surface area (Å²) in [5, 5.41) is 0.797. The Bertz CT molecular complexity index is 1200. The van der Waals surface area contributed by atoms with Gasteiger partial charge in [-0.25, -0.2) is 4.98 Å². The normalized spacial score (nSPS) is 17.6. The molecule has 0 spiro atoms. The lowest BCUT2D eigenvalue weighted by Crippen LogP contribution is -2.30. The largest absolute Gasteiger partial charge is 0.494 e. The van der Waals surface area contributed by atoms with Crippen LogP contribution < -0.4 is 10.3 Å². The van der Waals surface area contributed by atoms with Crippen molar-refractivity contribution in [1.82, 2.24) is 14.9 Å². The molecule has 0 bridgehead atoms. The topological polar surface area (TPSA) is 75.3 Å². The molecule has 8 heteroatoms. The minimum atomic E-state index is -0.0126. The summed E-state index contributed by atoms with van der Waals surface area (Å²) < 4.78 is 5.54. The molecule has 2 aliphatic rings. The van der Waals surface area contributed by atoms with E-state index in [1.807, 2.05) is 24.0 Å². The SMILES string of the molecule is CCOc1ccc(C2CCCN2C(=O)CCSCc2nc3sc4c(c3c(=O)[nH]2)CCC4)cc1. The molecule has 1 atom stereocenters. The lowest BCUT2D eigenvalue weighted by molar-refractivity contribution is -0.131. The Morgan fingerprint density at radius 1 is 1.27 bits per heavy atom. The highest BCUT2D eigenvalue weighted by molar-refractivity contribution is 7.98. The van der Waals surface area contributed by atoms with Gasteiger partial charge < -0.3 is 14.6 Å². The van der Waals surface area contributed by atoms with Crippen molar-refractivity contribution in [3.05, 3.63) is 56.4 Å². The highest BCUT2D eigenvalue weighted by Gasteiger charge is 2.29. The first-order valence-corrected chi connectivity index (χ1v) is 13.7. The second-order valence-corrected chi connectivity index (χ2v) is 10.8. The van der Waals surface area contributed by atoms with Crippen LogP contribution in [-0.4, -0.2) is 39.7 Å². The summed E-state index contributed by atoms with van der Waals surface area (Å²) in [5.41, 5.74) is 2.37. The maximum Gasteiger partial charge on any atom is 0.259 e. The van der Waals surface area contributed by atoms with Gasteiger partial charge in [-0.05, 0) is 62.3 Å². The third-order valence-electron chi connectivity index (χ3n) is 6.47. The van der Waals surface area contributed by atoms with Crippen LogP contribution in [0.1, 0.15) is 60.5 Å². The lowest BCUT2D eigenvalue weighted by Gasteiger charge is -2.25. The summed E-state index contributed by atoms with van der Waals surface area (Å²) in [7, 11) is 0. The molecule has 1 aliphatic heterocycles. The number of aromatic nitrogens is 2. The molecule has 0 saturated carbocycles. The number of carbonyl (C=O) groups is 1. The average Bonchev–Trinajstić information content (AvgIpc) is 3.53. The number of H-pyrrole nitrogens is 1. The molecular formula is C25H29N3O3S2. The van der Waals surface area contributed by atoms with E-state index in [9.17, 15) is 9.59 Å². The van der Waals surface area contributed by atoms with Crippen LogP contribution >= 0.6 is 23.1 Å². The van der Waals surface area contributed by atoms with Crippen LogP contribution in [-0.2, 0) is 23.4 Å². The van der Waals surface area contributed by atoms with Crippen LogP contribution in [0, 0.1) is 0 Å². The first kappa shape index (κ1) is 22.5. The van der Waals surface area contributed by atoms with E-state index in [0.717, 1.165) is 54.6 Å². The minimum Gasteiger partial charge on any atom is -0.494 e. The van der Waals surface area contributed by atoms with Crippen molar-refractivity contribution in [2.24, 2.45) is 0 Å². The molecule has 5 rings (SSSR count). The first-order valence-electron chi connectivity index (χ1n) is 11.8. The molecule has 1 unspecified atom stereocenters. The summed E-state index contributed by atoms with van der Waals surface area (Å²) in [6.07, 6.45) is 5.73. The Balaban J connectivity index is 1.15. The fourth-order valence-corrected chi connectivity index (χ4v) is 7.03. The maximum absolute atomic E-state index is 12.9. The number of ether oxygens (including phenoxy) is 1. The van der Waals surface area contributed by atoms with Gasteiger partial charge in [-0.3, -0.25) is 9.59 Å². The van der Waals surface area contributed by atoms with E-state index < -0.39 is 0 Å². The summed E-state index contributed by atoms with van der Waals surface area (Å²) in [6.45, 7) is 3.44. The number of hydrogen-bond donors (Lipinski definition) is 1. The number of aromatic amines is 1. The Morgan fingerprint density at radius 2 is 2.12 bits per heavy atom. The fraction of sp³-hybridized carbons (Fsp3) is 0.480. The highest BCUT2D eigenvalue weighted by atomic mass is 32.2. The van der Waals surface area contributed by atoms with Gasteiger partial charge in [0.05, 0.1) is 23.8 Å². The quantitative estimate of drug-likeness (QED) is 0.463. The Kier molecular flexibility index (Phi) is 6.74. The Labute approximate surface area is 201 Å². The lowest BCUT2D eigenvalue weighted by atomic mass is 10.0. The number of hydrogen-bond acceptors (Lipinski definition) is 6. The van der Waals surface area contributed by atoms with Gasteiger partial charge in [0.2, 0.25) is 5.91 Å². The van der Waals surface area contributed by atoms with E-state index in [4.69, 9.17) is 9.72 Å². The van der Waals surface area contributed by atoms with Crippen molar-refractivity contribution in [1.29, 1.82) is 0 Å². The molecule has 3 aromatic rings. The molecule has 174 valence electrons. The summed E-state index contributed by atoms with van der Waals surface area (Å²) in [6, 6.07) is 8.29. The predicted molar refractivity (Wildman–Crippen MR) is 134 cm³/mol. The van der Waals surface area contributed by atoms with Crippen molar-refractivity contribution in [3.8, 4) is 5.75 Å². The Morgan fingerprint density at radius 3 is 2.94 bits per heavy atom. The first-order chi connectivity index (χ1) is 16.1. The number of aryl methyl sites for hydroxylation is 2. The van der Waals surface area contributed by atoms with Gasteiger partial charge in [-0.15, -0.1) is 11.3 Å². The molecule has 1 fully saturated rings. The van der Waals surface area contributed by atoms with Crippen LogP contribution in [0.3, 0.4) is 0 Å². The zero-order valence-corrected chi connectivity index (χ0v) is 20.5. The monoisotopic (exact) mass is 483 g/mol. The molecule has 1 aromatic carbocycles. The molecule has 0 radical (unpaired) electrons. The van der Waals surface area contributed by atoms with Gasteiger partial charge in [0.25, 0.3) is 5.56 Å². The second kappa shape index (κ2) is 9.89. The number of fused-ring (bicyclic) bond motifs is 3. The number of nitrogens with one attached hydrogen (secondary N) is 1. The summed E-state index contributed by atoms with van der Waals surface area (Å²) in [5.74, 6) is 3.10. The van der Waals surface area contributed by atoms with Crippen molar-refractivity contribution < 1.29 is 9.53 Å². The van der Waals surface area contributed by atoms with Crippen LogP contribution in [0.25, 0.3) is 10.2 Å². The summed E-state index contributed by atoms with van der Waals surface area (Å²) in [4.78, 5) is 37.4. The van der Waals surface area contributed by atoms with Gasteiger partial charge in [0.1, 0.15) is 16.4 Å². The predicted octanol–water partition coefficient (Wildman–Crippen LogP) is 4.86. The van der Waals surface area contributed by atoms with Crippen LogP contribution in [0.5, 0.6) is 5.75 Å². The molecule has 1 saturated heterocycles. The van der Waals surface area contributed by atoms with Crippen LogP contribution in [0.2, 0.25) is 0 Å². The number of nitrogens with zero attached hydrogens (tertiary/aromatic N) is 2. The highest BCUT2D eigenvalue weighted by Crippen LogP contribution is 2.35. The van der Waals surface area contributed by atoms with E-state index in [0.29, 0.717) is 30.4 Å². The molecule has 3 heterocycles. The Hall–Kier alpha value is -2.32. The van der Waals surface area contributed by atoms with Gasteiger partial charge in [-0.1, -0.05) is 12.1 Å². The smallest absolute Gasteiger partial charge is 0.259 e. The second-order valence-electron chi connectivity index (χ2n) is 8.60. The van der Waals surface area contributed by atoms with E-state index in [1.165, 1.54) is 16.0 Å². The van der Waals surface area contributed by atoms with Crippen molar-refractivity contribution in [2.45, 2.75) is 57.2 Å². The molecular weight excluding hydrogens is 454 g/mol. The molecule has 2 aromatic heterocycles. The third kappa shape index (κ3) is 4.68. The van der Waals surface area contributed by atoms with Crippen molar-refractivity contribution in [3.63, 3.8) is 0 Å². The van der Waals surface area contributed by atoms with E-state index in [-0.39, 0.29) is 17.5 Å². The van der Waals surface area contributed by atoms with E-state index in [1.54, 1.807) is 23.1 Å². The molecule has 6 nitrogen and oxygen atoms in total. The standard InChI is InChI=1S/C25H29N3O3S2/c1-2-31-17-10-8-16(9-11-17)19-6-4-13-28(19)22(29)12-14-32-15-21-26-24(30)23-18-5-3-7-20(18)33-25(23)27-21/h8-11,19H,2-7,12-15H2,1H3,(H,26,27,30). The summed E-state index contributed by atoms with van der Waals surface area (Å²) >= 11 is 3.32.